The van der Waals surface area contributed by atoms with Gasteiger partial charge in [-0.05, 0) is 6.07 Å². The van der Waals surface area contributed by atoms with Crippen molar-refractivity contribution in [2.24, 2.45) is 0 Å². The molecule has 0 spiro atoms. The Labute approximate surface area is 89.6 Å². The molecular formula is C9H8N4O3. The molecule has 1 aromatic carbocycles. The summed E-state index contributed by atoms with van der Waals surface area (Å²) < 4.78 is 0. The number of hydrogen-bond acceptors (Lipinski definition) is 4. The summed E-state index contributed by atoms with van der Waals surface area (Å²) in [6.45, 7) is 1.36. The average molecular weight is 220 g/mol. The number of benzene rings is 1. The van der Waals surface area contributed by atoms with Gasteiger partial charge in [0, 0.05) is 13.0 Å². The van der Waals surface area contributed by atoms with Crippen molar-refractivity contribution >= 4 is 28.2 Å². The van der Waals surface area contributed by atoms with Crippen LogP contribution in [0.25, 0.3) is 10.9 Å². The second-order valence-corrected chi connectivity index (χ2v) is 3.23. The lowest BCUT2D eigenvalue weighted by atomic mass is 10.2. The Hall–Kier alpha value is -2.44. The maximum absolute atomic E-state index is 10.9. The number of amides is 1. The first kappa shape index (κ1) is 10.1. The topological polar surface area (TPSA) is 101 Å². The number of nitro groups is 1. The Bertz CT molecular complexity index is 575. The molecule has 0 radical (unpaired) electrons. The van der Waals surface area contributed by atoms with Crippen molar-refractivity contribution in [3.63, 3.8) is 0 Å². The second-order valence-electron chi connectivity index (χ2n) is 3.23. The maximum Gasteiger partial charge on any atom is 0.280 e. The van der Waals surface area contributed by atoms with Crippen LogP contribution in [0.4, 0.5) is 11.4 Å². The van der Waals surface area contributed by atoms with Gasteiger partial charge in [0.2, 0.25) is 5.91 Å². The van der Waals surface area contributed by atoms with E-state index in [0.717, 1.165) is 0 Å². The number of rotatable bonds is 2. The number of fused-ring (bicyclic) bond motifs is 1. The number of anilines is 1. The third-order valence-corrected chi connectivity index (χ3v) is 2.10. The predicted octanol–water partition coefficient (Wildman–Crippen LogP) is 1.43. The number of H-pyrrole nitrogens is 1. The van der Waals surface area contributed by atoms with Crippen molar-refractivity contribution in [2.75, 3.05) is 5.32 Å². The summed E-state index contributed by atoms with van der Waals surface area (Å²) in [5.41, 5.74) is 0.882. The Morgan fingerprint density at radius 2 is 2.31 bits per heavy atom. The summed E-state index contributed by atoms with van der Waals surface area (Å²) in [7, 11) is 0. The number of non-ortho nitro benzene ring substituents is 1. The molecule has 0 fully saturated rings. The Morgan fingerprint density at radius 1 is 1.56 bits per heavy atom. The van der Waals surface area contributed by atoms with Crippen LogP contribution in [-0.2, 0) is 4.79 Å². The maximum atomic E-state index is 10.9. The Kier molecular flexibility index (Phi) is 2.28. The van der Waals surface area contributed by atoms with E-state index in [0.29, 0.717) is 16.6 Å². The summed E-state index contributed by atoms with van der Waals surface area (Å²) in [4.78, 5) is 21.2. The van der Waals surface area contributed by atoms with Crippen molar-refractivity contribution in [1.29, 1.82) is 0 Å². The molecule has 82 valence electrons. The Balaban J connectivity index is 2.63. The number of nitrogens with one attached hydrogen (secondary N) is 2. The number of aromatic nitrogens is 2. The number of carbonyl (C=O) groups excluding carboxylic acids is 1. The van der Waals surface area contributed by atoms with Crippen LogP contribution in [0.1, 0.15) is 6.92 Å². The molecule has 0 aliphatic carbocycles. The molecule has 0 saturated carbocycles. The standard InChI is InChI=1S/C9H8N4O3/c1-5(14)11-7-2-3-8(13(15)16)6-4-10-12-9(6)7/h2-4H,1H3,(H,10,12)(H,11,14). The van der Waals surface area contributed by atoms with Gasteiger partial charge in [-0.1, -0.05) is 0 Å². The summed E-state index contributed by atoms with van der Waals surface area (Å²) in [6, 6.07) is 2.81. The molecule has 0 aliphatic heterocycles. The zero-order valence-corrected chi connectivity index (χ0v) is 8.35. The van der Waals surface area contributed by atoms with Gasteiger partial charge in [0.05, 0.1) is 27.7 Å². The lowest BCUT2D eigenvalue weighted by molar-refractivity contribution is -0.383. The number of nitrogens with zero attached hydrogens (tertiary/aromatic N) is 2. The first-order valence-electron chi connectivity index (χ1n) is 4.47. The zero-order valence-electron chi connectivity index (χ0n) is 8.35. The highest BCUT2D eigenvalue weighted by Crippen LogP contribution is 2.29. The van der Waals surface area contributed by atoms with Crippen molar-refractivity contribution in [3.8, 4) is 0 Å². The predicted molar refractivity (Wildman–Crippen MR) is 57.1 cm³/mol. The van der Waals surface area contributed by atoms with Gasteiger partial charge in [0.1, 0.15) is 0 Å². The fourth-order valence-corrected chi connectivity index (χ4v) is 1.47. The smallest absolute Gasteiger partial charge is 0.280 e. The summed E-state index contributed by atoms with van der Waals surface area (Å²) in [5, 5.41) is 20.0. The molecule has 1 aromatic heterocycles. The third-order valence-electron chi connectivity index (χ3n) is 2.10. The molecule has 0 bridgehead atoms. The zero-order chi connectivity index (χ0) is 11.7. The van der Waals surface area contributed by atoms with E-state index in [-0.39, 0.29) is 11.6 Å². The first-order valence-corrected chi connectivity index (χ1v) is 4.47. The van der Waals surface area contributed by atoms with Crippen molar-refractivity contribution in [3.05, 3.63) is 28.4 Å². The van der Waals surface area contributed by atoms with Gasteiger partial charge < -0.3 is 5.32 Å². The van der Waals surface area contributed by atoms with Crippen LogP contribution in [-0.4, -0.2) is 21.0 Å². The largest absolute Gasteiger partial charge is 0.324 e. The van der Waals surface area contributed by atoms with Crippen molar-refractivity contribution < 1.29 is 9.72 Å². The molecule has 0 aliphatic rings. The molecule has 16 heavy (non-hydrogen) atoms. The highest BCUT2D eigenvalue weighted by Gasteiger charge is 2.16. The number of hydrogen-bond donors (Lipinski definition) is 2. The summed E-state index contributed by atoms with van der Waals surface area (Å²) in [6.07, 6.45) is 1.36. The molecule has 0 atom stereocenters. The van der Waals surface area contributed by atoms with E-state index in [1.54, 1.807) is 0 Å². The van der Waals surface area contributed by atoms with E-state index in [4.69, 9.17) is 0 Å². The molecular weight excluding hydrogens is 212 g/mol. The average Bonchev–Trinajstić information content (AvgIpc) is 2.65. The summed E-state index contributed by atoms with van der Waals surface area (Å²) in [5.74, 6) is -0.246. The van der Waals surface area contributed by atoms with Crippen LogP contribution in [0.2, 0.25) is 0 Å². The highest BCUT2D eigenvalue weighted by atomic mass is 16.6. The van der Waals surface area contributed by atoms with Gasteiger partial charge >= 0.3 is 0 Å². The van der Waals surface area contributed by atoms with Gasteiger partial charge in [-0.2, -0.15) is 5.10 Å². The fraction of sp³-hybridized carbons (Fsp3) is 0.111. The molecule has 0 saturated heterocycles. The van der Waals surface area contributed by atoms with Crippen LogP contribution in [0.3, 0.4) is 0 Å². The van der Waals surface area contributed by atoms with E-state index in [9.17, 15) is 14.9 Å². The molecule has 1 heterocycles. The third kappa shape index (κ3) is 1.58. The normalized spacial score (nSPS) is 10.3. The molecule has 0 unspecified atom stereocenters. The van der Waals surface area contributed by atoms with Crippen LogP contribution < -0.4 is 5.32 Å². The number of nitro benzene ring substituents is 1. The minimum Gasteiger partial charge on any atom is -0.324 e. The van der Waals surface area contributed by atoms with Gasteiger partial charge in [0.15, 0.2) is 0 Å². The molecule has 1 amide bonds. The monoisotopic (exact) mass is 220 g/mol. The van der Waals surface area contributed by atoms with Crippen LogP contribution in [0.15, 0.2) is 18.3 Å². The van der Waals surface area contributed by atoms with Gasteiger partial charge in [-0.3, -0.25) is 20.0 Å². The SMILES string of the molecule is CC(=O)Nc1ccc([N+](=O)[O-])c2cn[nH]c12. The van der Waals surface area contributed by atoms with Crippen LogP contribution in [0.5, 0.6) is 0 Å². The minimum absolute atomic E-state index is 0.0437. The van der Waals surface area contributed by atoms with E-state index >= 15 is 0 Å². The molecule has 7 nitrogen and oxygen atoms in total. The quantitative estimate of drug-likeness (QED) is 0.590. The molecule has 2 rings (SSSR count). The van der Waals surface area contributed by atoms with E-state index in [2.05, 4.69) is 15.5 Å². The fourth-order valence-electron chi connectivity index (χ4n) is 1.47. The van der Waals surface area contributed by atoms with Crippen LogP contribution in [0, 0.1) is 10.1 Å². The van der Waals surface area contributed by atoms with Crippen LogP contribution >= 0.6 is 0 Å². The van der Waals surface area contributed by atoms with Gasteiger partial charge in [-0.25, -0.2) is 0 Å². The van der Waals surface area contributed by atoms with E-state index < -0.39 is 4.92 Å². The second kappa shape index (κ2) is 3.61. The molecule has 7 heteroatoms. The highest BCUT2D eigenvalue weighted by molar-refractivity contribution is 6.02. The minimum atomic E-state index is -0.491. The van der Waals surface area contributed by atoms with Crippen molar-refractivity contribution in [1.82, 2.24) is 10.2 Å². The lowest BCUT2D eigenvalue weighted by Gasteiger charge is -2.03. The van der Waals surface area contributed by atoms with Gasteiger partial charge in [-0.15, -0.1) is 0 Å². The molecule has 2 N–H and O–H groups in total. The Morgan fingerprint density at radius 3 is 2.94 bits per heavy atom. The molecule has 2 aromatic rings. The van der Waals surface area contributed by atoms with Crippen molar-refractivity contribution in [2.45, 2.75) is 6.92 Å². The first-order chi connectivity index (χ1) is 7.59. The van der Waals surface area contributed by atoms with Gasteiger partial charge in [0.25, 0.3) is 5.69 Å². The number of aromatic amines is 1. The van der Waals surface area contributed by atoms with E-state index in [1.165, 1.54) is 25.3 Å². The summed E-state index contributed by atoms with van der Waals surface area (Å²) >= 11 is 0. The van der Waals surface area contributed by atoms with E-state index in [1.807, 2.05) is 0 Å². The number of carbonyl (C=O) groups is 1. The lowest BCUT2D eigenvalue weighted by Crippen LogP contribution is -2.06.